The summed E-state index contributed by atoms with van der Waals surface area (Å²) in [6.45, 7) is 5.33. The zero-order chi connectivity index (χ0) is 40.4. The van der Waals surface area contributed by atoms with Gasteiger partial charge in [0.25, 0.3) is 0 Å². The summed E-state index contributed by atoms with van der Waals surface area (Å²) in [4.78, 5) is -0.932. The number of fused-ring (bicyclic) bond motifs is 2. The van der Waals surface area contributed by atoms with Crippen LogP contribution in [-0.2, 0) is 18.8 Å². The molecule has 1 saturated carbocycles. The second-order valence-corrected chi connectivity index (χ2v) is 13.1. The standard InChI is InChI=1S/C36H26F16N2/c1-4-5-6-9-17-21(38)30(53-34-10-7-8-16(13-34)11-14(2)12-34)25(42)29(46)32(17)54(31-15(3)20(37)18(35(47,48)49)22(39)26(31)43)33-27(44)23(40)19(36(50,51)52)24(41)28(33)45/h4-6,8,14,53H,1,7,9-13H2,2-3H3/b6-5+. The topological polar surface area (TPSA) is 15.3 Å². The molecular formula is C36H26F16N2. The highest BCUT2D eigenvalue weighted by molar-refractivity contribution is 5.84. The third-order valence-electron chi connectivity index (χ3n) is 9.35. The van der Waals surface area contributed by atoms with E-state index in [4.69, 9.17) is 0 Å². The van der Waals surface area contributed by atoms with Crippen LogP contribution < -0.4 is 10.2 Å². The van der Waals surface area contributed by atoms with Gasteiger partial charge in [0.2, 0.25) is 0 Å². The molecule has 5 rings (SSSR count). The average Bonchev–Trinajstić information content (AvgIpc) is 3.05. The lowest BCUT2D eigenvalue weighted by Crippen LogP contribution is -2.45. The summed E-state index contributed by atoms with van der Waals surface area (Å²) in [5.74, 6) is -28.5. The summed E-state index contributed by atoms with van der Waals surface area (Å²) in [6.07, 6.45) is -6.63. The zero-order valence-electron chi connectivity index (χ0n) is 27.8. The van der Waals surface area contributed by atoms with E-state index in [-0.39, 0.29) is 32.1 Å². The Balaban J connectivity index is 1.96. The van der Waals surface area contributed by atoms with Gasteiger partial charge in [0, 0.05) is 16.7 Å². The fourth-order valence-corrected chi connectivity index (χ4v) is 7.28. The number of benzene rings is 3. The van der Waals surface area contributed by atoms with Crippen molar-refractivity contribution in [1.29, 1.82) is 0 Å². The molecule has 0 heterocycles. The molecule has 2 unspecified atom stereocenters. The van der Waals surface area contributed by atoms with Gasteiger partial charge in [-0.3, -0.25) is 4.90 Å². The van der Waals surface area contributed by atoms with Gasteiger partial charge in [-0.05, 0) is 51.4 Å². The summed E-state index contributed by atoms with van der Waals surface area (Å²) in [6, 6.07) is 0. The van der Waals surface area contributed by atoms with E-state index >= 15 is 43.9 Å². The molecule has 54 heavy (non-hydrogen) atoms. The molecule has 0 amide bonds. The van der Waals surface area contributed by atoms with Crippen LogP contribution >= 0.6 is 0 Å². The summed E-state index contributed by atoms with van der Waals surface area (Å²) >= 11 is 0. The Morgan fingerprint density at radius 1 is 0.741 bits per heavy atom. The molecule has 0 saturated heterocycles. The van der Waals surface area contributed by atoms with Crippen molar-refractivity contribution in [2.45, 2.75) is 70.3 Å². The molecule has 2 atom stereocenters. The van der Waals surface area contributed by atoms with Gasteiger partial charge < -0.3 is 5.32 Å². The van der Waals surface area contributed by atoms with E-state index in [9.17, 15) is 26.3 Å². The third-order valence-corrected chi connectivity index (χ3v) is 9.35. The van der Waals surface area contributed by atoms with E-state index in [0.717, 1.165) is 23.8 Å². The van der Waals surface area contributed by atoms with Gasteiger partial charge in [-0.25, -0.2) is 43.9 Å². The molecule has 2 aliphatic carbocycles. The number of anilines is 4. The Morgan fingerprint density at radius 3 is 1.80 bits per heavy atom. The van der Waals surface area contributed by atoms with Crippen LogP contribution in [-0.4, -0.2) is 5.54 Å². The summed E-state index contributed by atoms with van der Waals surface area (Å²) in [7, 11) is 0. The Bertz CT molecular complexity index is 1960. The predicted octanol–water partition coefficient (Wildman–Crippen LogP) is 12.9. The van der Waals surface area contributed by atoms with Crippen molar-refractivity contribution in [2.75, 3.05) is 10.2 Å². The maximum Gasteiger partial charge on any atom is 0.422 e. The molecule has 1 fully saturated rings. The molecule has 0 spiro atoms. The largest absolute Gasteiger partial charge is 0.422 e. The predicted molar refractivity (Wildman–Crippen MR) is 165 cm³/mol. The first-order chi connectivity index (χ1) is 25.0. The quantitative estimate of drug-likeness (QED) is 0.106. The summed E-state index contributed by atoms with van der Waals surface area (Å²) < 4.78 is 239. The highest BCUT2D eigenvalue weighted by Crippen LogP contribution is 2.52. The highest BCUT2D eigenvalue weighted by Gasteiger charge is 2.48. The number of nitrogens with one attached hydrogen (secondary N) is 1. The van der Waals surface area contributed by atoms with Crippen molar-refractivity contribution < 1.29 is 70.2 Å². The normalized spacial score (nSPS) is 19.0. The number of halogens is 16. The maximum absolute atomic E-state index is 16.8. The van der Waals surface area contributed by atoms with Gasteiger partial charge >= 0.3 is 12.4 Å². The van der Waals surface area contributed by atoms with Crippen LogP contribution in [0.5, 0.6) is 0 Å². The van der Waals surface area contributed by atoms with Gasteiger partial charge in [-0.2, -0.15) is 26.3 Å². The molecule has 3 aromatic carbocycles. The smallest absolute Gasteiger partial charge is 0.374 e. The van der Waals surface area contributed by atoms with Crippen molar-refractivity contribution in [3.05, 3.63) is 117 Å². The zero-order valence-corrected chi connectivity index (χ0v) is 27.8. The van der Waals surface area contributed by atoms with Crippen molar-refractivity contribution in [2.24, 2.45) is 5.92 Å². The van der Waals surface area contributed by atoms with Gasteiger partial charge in [0.15, 0.2) is 52.4 Å². The third kappa shape index (κ3) is 6.80. The molecule has 1 N–H and O–H groups in total. The van der Waals surface area contributed by atoms with Crippen LogP contribution in [0.1, 0.15) is 61.3 Å². The Labute approximate surface area is 296 Å². The summed E-state index contributed by atoms with van der Waals surface area (Å²) in [5.41, 5.74) is -17.8. The van der Waals surface area contributed by atoms with Crippen LogP contribution in [0.3, 0.4) is 0 Å². The highest BCUT2D eigenvalue weighted by atomic mass is 19.4. The van der Waals surface area contributed by atoms with Crippen LogP contribution in [0.15, 0.2) is 36.5 Å². The monoisotopic (exact) mass is 790 g/mol. The summed E-state index contributed by atoms with van der Waals surface area (Å²) in [5, 5.41) is 2.63. The first-order valence-electron chi connectivity index (χ1n) is 15.9. The lowest BCUT2D eigenvalue weighted by atomic mass is 9.68. The van der Waals surface area contributed by atoms with Gasteiger partial charge in [0.1, 0.15) is 28.3 Å². The molecule has 0 radical (unpaired) electrons. The SMILES string of the molecule is C=C/C=C/Cc1c(F)c(NC23CCC=C(CC(C)C2)C3)c(F)c(F)c1N(c1c(C)c(F)c(C(F)(F)F)c(F)c1F)c1c(F)c(F)c(C(F)(F)F)c(F)c1F. The molecule has 2 aliphatic rings. The number of allylic oxidation sites excluding steroid dienone is 4. The average molecular weight is 791 g/mol. The number of hydrogen-bond acceptors (Lipinski definition) is 2. The van der Waals surface area contributed by atoms with Crippen molar-refractivity contribution in [3.63, 3.8) is 0 Å². The molecular weight excluding hydrogens is 764 g/mol. The van der Waals surface area contributed by atoms with E-state index < -0.39 is 132 Å². The second-order valence-electron chi connectivity index (χ2n) is 13.1. The van der Waals surface area contributed by atoms with Crippen LogP contribution in [0.25, 0.3) is 0 Å². The Hall–Kier alpha value is -4.64. The Morgan fingerprint density at radius 2 is 1.26 bits per heavy atom. The minimum atomic E-state index is -6.20. The number of nitrogens with zero attached hydrogens (tertiary/aromatic N) is 1. The molecule has 0 aliphatic heterocycles. The second kappa shape index (κ2) is 14.2. The van der Waals surface area contributed by atoms with Crippen molar-refractivity contribution in [1.82, 2.24) is 0 Å². The Kier molecular flexibility index (Phi) is 10.7. The fourth-order valence-electron chi connectivity index (χ4n) is 7.28. The molecule has 2 nitrogen and oxygen atoms in total. The van der Waals surface area contributed by atoms with Gasteiger partial charge in [-0.1, -0.05) is 43.4 Å². The maximum atomic E-state index is 16.8. The van der Waals surface area contributed by atoms with E-state index in [2.05, 4.69) is 11.9 Å². The number of rotatable bonds is 8. The lowest BCUT2D eigenvalue weighted by Gasteiger charge is -2.45. The number of hydrogen-bond donors (Lipinski definition) is 1. The van der Waals surface area contributed by atoms with Crippen molar-refractivity contribution in [3.8, 4) is 0 Å². The fraction of sp³-hybridized carbons (Fsp3) is 0.333. The van der Waals surface area contributed by atoms with Gasteiger partial charge in [0.05, 0.1) is 11.4 Å². The van der Waals surface area contributed by atoms with E-state index in [1.807, 2.05) is 13.0 Å². The number of alkyl halides is 6. The lowest BCUT2D eigenvalue weighted by molar-refractivity contribution is -0.143. The van der Waals surface area contributed by atoms with E-state index in [0.29, 0.717) is 12.8 Å². The molecule has 0 aromatic heterocycles. The molecule has 2 bridgehead atoms. The minimum Gasteiger partial charge on any atom is -0.374 e. The van der Waals surface area contributed by atoms with Crippen molar-refractivity contribution >= 4 is 22.7 Å². The minimum absolute atomic E-state index is 0.0654. The molecule has 292 valence electrons. The molecule has 3 aromatic rings. The first kappa shape index (κ1) is 40.5. The first-order valence-corrected chi connectivity index (χ1v) is 15.9. The van der Waals surface area contributed by atoms with Gasteiger partial charge in [-0.15, -0.1) is 0 Å². The van der Waals surface area contributed by atoms with Crippen LogP contribution in [0.2, 0.25) is 0 Å². The van der Waals surface area contributed by atoms with E-state index in [1.54, 1.807) is 0 Å². The van der Waals surface area contributed by atoms with Crippen LogP contribution in [0.4, 0.5) is 93.0 Å². The van der Waals surface area contributed by atoms with E-state index in [1.165, 1.54) is 0 Å². The molecule has 18 heteroatoms. The van der Waals surface area contributed by atoms with Crippen LogP contribution in [0, 0.1) is 71.0 Å².